The van der Waals surface area contributed by atoms with Gasteiger partial charge in [0.05, 0.1) is 0 Å². The van der Waals surface area contributed by atoms with Crippen LogP contribution in [0.4, 0.5) is 17.1 Å². The number of rotatable bonds is 7. The number of hydrogen-bond acceptors (Lipinski definition) is 2. The second-order valence-electron chi connectivity index (χ2n) is 14.9. The summed E-state index contributed by atoms with van der Waals surface area (Å²) in [4.78, 5) is 2.35. The molecule has 2 nitrogen and oxygen atoms in total. The zero-order chi connectivity index (χ0) is 38.4. The highest BCUT2D eigenvalue weighted by Gasteiger charge is 2.17. The average Bonchev–Trinajstić information content (AvgIpc) is 3.69. The van der Waals surface area contributed by atoms with Crippen LogP contribution in [0.5, 0.6) is 0 Å². The van der Waals surface area contributed by atoms with Crippen LogP contribution in [-0.4, -0.2) is 0 Å². The van der Waals surface area contributed by atoms with E-state index in [1.807, 2.05) is 12.1 Å². The summed E-state index contributed by atoms with van der Waals surface area (Å²) in [6.45, 7) is 0. The molecule has 1 aromatic heterocycles. The molecule has 0 radical (unpaired) electrons. The third-order valence-electron chi connectivity index (χ3n) is 11.5. The second-order valence-corrected chi connectivity index (χ2v) is 14.9. The van der Waals surface area contributed by atoms with Crippen LogP contribution in [0.25, 0.3) is 88.0 Å². The van der Waals surface area contributed by atoms with Crippen LogP contribution in [-0.2, 0) is 0 Å². The molecule has 0 saturated carbocycles. The molecule has 0 saturated heterocycles. The lowest BCUT2D eigenvalue weighted by molar-refractivity contribution is 0.669. The van der Waals surface area contributed by atoms with Crippen molar-refractivity contribution in [3.63, 3.8) is 0 Å². The summed E-state index contributed by atoms with van der Waals surface area (Å²) in [7, 11) is 0. The summed E-state index contributed by atoms with van der Waals surface area (Å²) < 4.78 is 6.24. The first kappa shape index (κ1) is 33.6. The van der Waals surface area contributed by atoms with Gasteiger partial charge in [0.1, 0.15) is 11.2 Å². The predicted octanol–water partition coefficient (Wildman–Crippen LogP) is 16.0. The fraction of sp³-hybridized carbons (Fsp3) is 0. The molecule has 11 aromatic rings. The Kier molecular flexibility index (Phi) is 8.19. The highest BCUT2D eigenvalue weighted by molar-refractivity contribution is 6.13. The summed E-state index contributed by atoms with van der Waals surface area (Å²) >= 11 is 0. The quantitative estimate of drug-likeness (QED) is 0.151. The monoisotopic (exact) mass is 739 g/mol. The molecule has 0 aliphatic carbocycles. The van der Waals surface area contributed by atoms with Gasteiger partial charge in [-0.05, 0) is 115 Å². The Balaban J connectivity index is 0.978. The van der Waals surface area contributed by atoms with Crippen molar-refractivity contribution in [3.8, 4) is 44.5 Å². The molecule has 272 valence electrons. The van der Waals surface area contributed by atoms with Crippen molar-refractivity contribution in [2.24, 2.45) is 0 Å². The maximum absolute atomic E-state index is 6.24. The molecule has 2 heteroatoms. The largest absolute Gasteiger partial charge is 0.456 e. The van der Waals surface area contributed by atoms with E-state index in [0.29, 0.717) is 0 Å². The van der Waals surface area contributed by atoms with Gasteiger partial charge in [0.25, 0.3) is 0 Å². The molecule has 1 heterocycles. The molecule has 10 aromatic carbocycles. The molecule has 0 spiro atoms. The molecule has 58 heavy (non-hydrogen) atoms. The molecular formula is C56H37NO. The third-order valence-corrected chi connectivity index (χ3v) is 11.5. The van der Waals surface area contributed by atoms with Crippen LogP contribution in [0.3, 0.4) is 0 Å². The van der Waals surface area contributed by atoms with Gasteiger partial charge in [0, 0.05) is 27.8 Å². The Morgan fingerprint density at radius 1 is 0.259 bits per heavy atom. The minimum atomic E-state index is 0.902. The van der Waals surface area contributed by atoms with Crippen molar-refractivity contribution < 1.29 is 4.42 Å². The van der Waals surface area contributed by atoms with Crippen LogP contribution >= 0.6 is 0 Å². The first-order chi connectivity index (χ1) is 28.7. The van der Waals surface area contributed by atoms with E-state index in [9.17, 15) is 0 Å². The average molecular weight is 740 g/mol. The van der Waals surface area contributed by atoms with Gasteiger partial charge < -0.3 is 9.32 Å². The third kappa shape index (κ3) is 5.91. The molecular weight excluding hydrogens is 703 g/mol. The van der Waals surface area contributed by atoms with Crippen molar-refractivity contribution in [1.82, 2.24) is 0 Å². The molecule has 0 aliphatic rings. The van der Waals surface area contributed by atoms with E-state index in [4.69, 9.17) is 4.42 Å². The number of anilines is 3. The maximum Gasteiger partial charge on any atom is 0.136 e. The summed E-state index contributed by atoms with van der Waals surface area (Å²) in [5.74, 6) is 0. The maximum atomic E-state index is 6.24. The van der Waals surface area contributed by atoms with Crippen molar-refractivity contribution in [1.29, 1.82) is 0 Å². The van der Waals surface area contributed by atoms with Gasteiger partial charge in [0.2, 0.25) is 0 Å². The van der Waals surface area contributed by atoms with Gasteiger partial charge in [-0.25, -0.2) is 0 Å². The highest BCUT2D eigenvalue weighted by atomic mass is 16.3. The minimum Gasteiger partial charge on any atom is -0.456 e. The molecule has 0 bridgehead atoms. The SMILES string of the molecule is c1ccc(-c2ccc(-c3ccc(N(c4ccc(-c5cccc6c5ccc5ccccc56)cc4)c4ccc(-c5cccc6oc7ccccc7c56)cc4)cc3)cc2)cc1. The first-order valence-corrected chi connectivity index (χ1v) is 19.8. The van der Waals surface area contributed by atoms with Crippen LogP contribution < -0.4 is 4.90 Å². The van der Waals surface area contributed by atoms with E-state index < -0.39 is 0 Å². The van der Waals surface area contributed by atoms with Gasteiger partial charge in [-0.3, -0.25) is 0 Å². The summed E-state index contributed by atoms with van der Waals surface area (Å²) in [6, 6.07) is 80.6. The van der Waals surface area contributed by atoms with Crippen LogP contribution in [0.1, 0.15) is 0 Å². The van der Waals surface area contributed by atoms with Gasteiger partial charge in [0.15, 0.2) is 0 Å². The smallest absolute Gasteiger partial charge is 0.136 e. The lowest BCUT2D eigenvalue weighted by atomic mass is 9.94. The van der Waals surface area contributed by atoms with Crippen LogP contribution in [0.2, 0.25) is 0 Å². The number of furan rings is 1. The minimum absolute atomic E-state index is 0.902. The number of benzene rings is 10. The topological polar surface area (TPSA) is 16.4 Å². The van der Waals surface area contributed by atoms with E-state index in [1.165, 1.54) is 54.9 Å². The number of fused-ring (bicyclic) bond motifs is 6. The van der Waals surface area contributed by atoms with Crippen molar-refractivity contribution in [3.05, 3.63) is 224 Å². The Bertz CT molecular complexity index is 3230. The lowest BCUT2D eigenvalue weighted by Crippen LogP contribution is -2.09. The van der Waals surface area contributed by atoms with E-state index in [0.717, 1.165) is 50.1 Å². The van der Waals surface area contributed by atoms with E-state index >= 15 is 0 Å². The first-order valence-electron chi connectivity index (χ1n) is 19.8. The van der Waals surface area contributed by atoms with Gasteiger partial charge in [-0.15, -0.1) is 0 Å². The van der Waals surface area contributed by atoms with Crippen LogP contribution in [0, 0.1) is 0 Å². The summed E-state index contributed by atoms with van der Waals surface area (Å²) in [6.07, 6.45) is 0. The van der Waals surface area contributed by atoms with E-state index in [2.05, 4.69) is 217 Å². The number of hydrogen-bond donors (Lipinski definition) is 0. The Hall–Kier alpha value is -7.68. The molecule has 0 unspecified atom stereocenters. The Morgan fingerprint density at radius 2 is 0.724 bits per heavy atom. The standard InChI is InChI=1S/C56H37NO/c1-2-10-38(11-3-1)39-20-22-40(23-21-39)41-24-31-45(32-25-41)57(47-35-28-44(29-36-47)50-16-9-19-55-56(50)53-14-6-7-18-54(53)58-55)46-33-26-43(27-34-46)49-15-8-17-51-48-13-5-4-12-42(48)30-37-52(49)51/h1-37H. The normalized spacial score (nSPS) is 11.4. The lowest BCUT2D eigenvalue weighted by Gasteiger charge is -2.26. The van der Waals surface area contributed by atoms with Crippen LogP contribution in [0.15, 0.2) is 229 Å². The highest BCUT2D eigenvalue weighted by Crippen LogP contribution is 2.41. The molecule has 0 amide bonds. The van der Waals surface area contributed by atoms with E-state index in [-0.39, 0.29) is 0 Å². The van der Waals surface area contributed by atoms with Crippen molar-refractivity contribution in [2.75, 3.05) is 4.90 Å². The molecule has 11 rings (SSSR count). The molecule has 0 atom stereocenters. The molecule has 0 N–H and O–H groups in total. The Morgan fingerprint density at radius 3 is 1.40 bits per heavy atom. The summed E-state index contributed by atoms with van der Waals surface area (Å²) in [5.41, 5.74) is 14.6. The predicted molar refractivity (Wildman–Crippen MR) is 245 cm³/mol. The molecule has 0 fully saturated rings. The van der Waals surface area contributed by atoms with Crippen molar-refractivity contribution >= 4 is 60.5 Å². The fourth-order valence-corrected chi connectivity index (χ4v) is 8.62. The summed E-state index contributed by atoms with van der Waals surface area (Å²) in [5, 5.41) is 7.35. The van der Waals surface area contributed by atoms with Crippen molar-refractivity contribution in [2.45, 2.75) is 0 Å². The fourth-order valence-electron chi connectivity index (χ4n) is 8.62. The number of nitrogens with zero attached hydrogens (tertiary/aromatic N) is 1. The zero-order valence-electron chi connectivity index (χ0n) is 31.7. The van der Waals surface area contributed by atoms with Gasteiger partial charge >= 0.3 is 0 Å². The Labute approximate surface area is 337 Å². The van der Waals surface area contributed by atoms with E-state index in [1.54, 1.807) is 0 Å². The zero-order valence-corrected chi connectivity index (χ0v) is 31.7. The second kappa shape index (κ2) is 14.1. The van der Waals surface area contributed by atoms with Gasteiger partial charge in [-0.2, -0.15) is 0 Å². The number of para-hydroxylation sites is 1. The molecule has 0 aliphatic heterocycles. The van der Waals surface area contributed by atoms with Gasteiger partial charge in [-0.1, -0.05) is 176 Å².